The topological polar surface area (TPSA) is 71.5 Å². The molecule has 4 aromatic rings. The first-order valence-corrected chi connectivity index (χ1v) is 11.3. The van der Waals surface area contributed by atoms with Gasteiger partial charge in [-0.25, -0.2) is 8.78 Å². The standard InChI is InChI=1S/C18H17NO.C11H11F2NO2/c1-13-3-2-4-14(7-13)8-17-10-15(12-20)9-16-5-6-19-11-18(16)17;1-7(16-2)6-14-11(15)10-8(12)4-3-5-9(10)13/h2-7,9-11,20H,8,12H2,1H3;3-5H,1,6H2,2H3,(H,14,15). The van der Waals surface area contributed by atoms with Crippen LogP contribution in [0.5, 0.6) is 0 Å². The van der Waals surface area contributed by atoms with E-state index < -0.39 is 23.1 Å². The van der Waals surface area contributed by atoms with Crippen LogP contribution >= 0.6 is 0 Å². The largest absolute Gasteiger partial charge is 0.500 e. The van der Waals surface area contributed by atoms with Crippen molar-refractivity contribution in [3.05, 3.63) is 125 Å². The average Bonchev–Trinajstić information content (AvgIpc) is 2.87. The Kier molecular flexibility index (Phi) is 9.25. The molecule has 3 aromatic carbocycles. The number of hydrogen-bond acceptors (Lipinski definition) is 4. The predicted molar refractivity (Wildman–Crippen MR) is 136 cm³/mol. The van der Waals surface area contributed by atoms with Gasteiger partial charge in [-0.05, 0) is 59.7 Å². The summed E-state index contributed by atoms with van der Waals surface area (Å²) in [7, 11) is 1.39. The highest BCUT2D eigenvalue weighted by atomic mass is 19.1. The summed E-state index contributed by atoms with van der Waals surface area (Å²) in [5, 5.41) is 14.0. The molecule has 1 amide bonds. The zero-order valence-corrected chi connectivity index (χ0v) is 20.2. The molecule has 0 saturated heterocycles. The number of aliphatic hydroxyl groups is 1. The summed E-state index contributed by atoms with van der Waals surface area (Å²) < 4.78 is 31.0. The number of rotatable bonds is 7. The zero-order valence-electron chi connectivity index (χ0n) is 20.2. The molecule has 0 aliphatic rings. The molecule has 36 heavy (non-hydrogen) atoms. The Bertz CT molecular complexity index is 1350. The molecule has 0 unspecified atom stereocenters. The lowest BCUT2D eigenvalue weighted by atomic mass is 9.96. The van der Waals surface area contributed by atoms with Gasteiger partial charge in [-0.15, -0.1) is 0 Å². The van der Waals surface area contributed by atoms with E-state index in [1.807, 2.05) is 18.3 Å². The summed E-state index contributed by atoms with van der Waals surface area (Å²) in [5.74, 6) is -2.35. The smallest absolute Gasteiger partial charge is 0.257 e. The summed E-state index contributed by atoms with van der Waals surface area (Å²) >= 11 is 0. The van der Waals surface area contributed by atoms with Crippen LogP contribution in [0.2, 0.25) is 0 Å². The van der Waals surface area contributed by atoms with Crippen molar-refractivity contribution in [2.24, 2.45) is 0 Å². The maximum absolute atomic E-state index is 13.2. The fourth-order valence-corrected chi connectivity index (χ4v) is 3.68. The molecule has 1 heterocycles. The number of benzene rings is 3. The molecule has 0 fully saturated rings. The number of aliphatic hydroxyl groups excluding tert-OH is 1. The number of nitrogens with one attached hydrogen (secondary N) is 1. The number of hydrogen-bond donors (Lipinski definition) is 2. The summed E-state index contributed by atoms with van der Waals surface area (Å²) in [5.41, 5.74) is 4.11. The minimum absolute atomic E-state index is 0.00308. The molecule has 5 nitrogen and oxygen atoms in total. The minimum Gasteiger partial charge on any atom is -0.500 e. The number of nitrogens with zero attached hydrogens (tertiary/aromatic N) is 1. The number of methoxy groups -OCH3 is 1. The van der Waals surface area contributed by atoms with E-state index in [1.165, 1.54) is 29.9 Å². The number of pyridine rings is 1. The number of halogens is 2. The Morgan fingerprint density at radius 1 is 1.06 bits per heavy atom. The van der Waals surface area contributed by atoms with Crippen LogP contribution in [-0.2, 0) is 17.8 Å². The van der Waals surface area contributed by atoms with Crippen LogP contribution in [0.3, 0.4) is 0 Å². The number of carbonyl (C=O) groups is 1. The third-order valence-corrected chi connectivity index (χ3v) is 5.49. The molecule has 0 aliphatic carbocycles. The predicted octanol–water partition coefficient (Wildman–Crippen LogP) is 5.48. The number of amides is 1. The molecular weight excluding hydrogens is 462 g/mol. The average molecular weight is 491 g/mol. The van der Waals surface area contributed by atoms with Crippen LogP contribution in [-0.4, -0.2) is 29.7 Å². The summed E-state index contributed by atoms with van der Waals surface area (Å²) in [6.07, 6.45) is 4.55. The molecule has 7 heteroatoms. The van der Waals surface area contributed by atoms with Gasteiger partial charge in [0.1, 0.15) is 23.0 Å². The van der Waals surface area contributed by atoms with Crippen LogP contribution in [0.25, 0.3) is 10.8 Å². The van der Waals surface area contributed by atoms with Crippen LogP contribution in [0.15, 0.2) is 85.4 Å². The molecule has 0 saturated carbocycles. The van der Waals surface area contributed by atoms with Gasteiger partial charge in [-0.2, -0.15) is 0 Å². The normalized spacial score (nSPS) is 10.4. The molecule has 0 aliphatic heterocycles. The van der Waals surface area contributed by atoms with E-state index in [4.69, 9.17) is 4.74 Å². The SMILES string of the molecule is C=C(CNC(=O)c1c(F)cccc1F)OC.Cc1cccc(Cc2cc(CO)cc3ccncc23)c1. The number of carbonyl (C=O) groups excluding carboxylic acids is 1. The van der Waals surface area contributed by atoms with Gasteiger partial charge >= 0.3 is 0 Å². The number of aryl methyl sites for hydroxylation is 1. The Balaban J connectivity index is 0.000000207. The number of fused-ring (bicyclic) bond motifs is 1. The van der Waals surface area contributed by atoms with Gasteiger partial charge in [0.05, 0.1) is 20.3 Å². The summed E-state index contributed by atoms with van der Waals surface area (Å²) in [4.78, 5) is 15.6. The maximum atomic E-state index is 13.2. The second-order valence-corrected chi connectivity index (χ2v) is 8.20. The van der Waals surface area contributed by atoms with Gasteiger partial charge in [-0.3, -0.25) is 9.78 Å². The van der Waals surface area contributed by atoms with Gasteiger partial charge in [0.15, 0.2) is 0 Å². The number of ether oxygens (including phenoxy) is 1. The quantitative estimate of drug-likeness (QED) is 0.337. The molecule has 0 spiro atoms. The Labute approximate surface area is 209 Å². The molecule has 1 aromatic heterocycles. The monoisotopic (exact) mass is 490 g/mol. The van der Waals surface area contributed by atoms with Crippen molar-refractivity contribution < 1.29 is 23.4 Å². The lowest BCUT2D eigenvalue weighted by Crippen LogP contribution is -2.27. The van der Waals surface area contributed by atoms with Gasteiger partial charge in [-0.1, -0.05) is 48.5 Å². The minimum atomic E-state index is -0.902. The third-order valence-electron chi connectivity index (χ3n) is 5.49. The Morgan fingerprint density at radius 2 is 1.78 bits per heavy atom. The highest BCUT2D eigenvalue weighted by Gasteiger charge is 2.16. The second kappa shape index (κ2) is 12.6. The van der Waals surface area contributed by atoms with Crippen molar-refractivity contribution in [2.45, 2.75) is 20.0 Å². The number of aromatic nitrogens is 1. The first-order valence-electron chi connectivity index (χ1n) is 11.3. The lowest BCUT2D eigenvalue weighted by molar-refractivity contribution is 0.0942. The first-order chi connectivity index (χ1) is 17.3. The van der Waals surface area contributed by atoms with Crippen molar-refractivity contribution in [3.8, 4) is 0 Å². The molecule has 0 bridgehead atoms. The van der Waals surface area contributed by atoms with E-state index in [1.54, 1.807) is 6.20 Å². The van der Waals surface area contributed by atoms with Crippen molar-refractivity contribution in [1.82, 2.24) is 10.3 Å². The van der Waals surface area contributed by atoms with E-state index in [2.05, 4.69) is 54.1 Å². The zero-order chi connectivity index (χ0) is 26.1. The molecule has 0 atom stereocenters. The van der Waals surface area contributed by atoms with Gasteiger partial charge in [0, 0.05) is 17.8 Å². The highest BCUT2D eigenvalue weighted by Crippen LogP contribution is 2.23. The molecule has 2 N–H and O–H groups in total. The second-order valence-electron chi connectivity index (χ2n) is 8.20. The van der Waals surface area contributed by atoms with E-state index in [0.717, 1.165) is 34.9 Å². The lowest BCUT2D eigenvalue weighted by Gasteiger charge is -2.09. The van der Waals surface area contributed by atoms with Crippen molar-refractivity contribution in [1.29, 1.82) is 0 Å². The van der Waals surface area contributed by atoms with E-state index >= 15 is 0 Å². The van der Waals surface area contributed by atoms with Crippen LogP contribution in [0.1, 0.15) is 32.6 Å². The summed E-state index contributed by atoms with van der Waals surface area (Å²) in [6, 6.07) is 17.8. The molecule has 0 radical (unpaired) electrons. The van der Waals surface area contributed by atoms with E-state index in [9.17, 15) is 18.7 Å². The molecule has 186 valence electrons. The fraction of sp³-hybridized carbons (Fsp3) is 0.172. The molecular formula is C29H28F2N2O3. The van der Waals surface area contributed by atoms with Crippen LogP contribution in [0.4, 0.5) is 8.78 Å². The van der Waals surface area contributed by atoms with Gasteiger partial charge in [0.2, 0.25) is 0 Å². The van der Waals surface area contributed by atoms with Gasteiger partial charge in [0.25, 0.3) is 5.91 Å². The Morgan fingerprint density at radius 3 is 2.44 bits per heavy atom. The highest BCUT2D eigenvalue weighted by molar-refractivity contribution is 5.94. The van der Waals surface area contributed by atoms with E-state index in [0.29, 0.717) is 5.76 Å². The summed E-state index contributed by atoms with van der Waals surface area (Å²) in [6.45, 7) is 5.64. The van der Waals surface area contributed by atoms with Crippen LogP contribution < -0.4 is 5.32 Å². The van der Waals surface area contributed by atoms with Crippen molar-refractivity contribution in [3.63, 3.8) is 0 Å². The first kappa shape index (κ1) is 26.5. The van der Waals surface area contributed by atoms with Crippen LogP contribution in [0, 0.1) is 18.6 Å². The van der Waals surface area contributed by atoms with E-state index in [-0.39, 0.29) is 13.2 Å². The third kappa shape index (κ3) is 6.96. The van der Waals surface area contributed by atoms with Crippen molar-refractivity contribution in [2.75, 3.05) is 13.7 Å². The Hall–Kier alpha value is -4.10. The maximum Gasteiger partial charge on any atom is 0.257 e. The fourth-order valence-electron chi connectivity index (χ4n) is 3.68. The molecule has 4 rings (SSSR count). The van der Waals surface area contributed by atoms with Crippen molar-refractivity contribution >= 4 is 16.7 Å². The van der Waals surface area contributed by atoms with Gasteiger partial charge < -0.3 is 15.2 Å².